The van der Waals surface area contributed by atoms with Crippen LogP contribution in [0.3, 0.4) is 0 Å². The lowest BCUT2D eigenvalue weighted by atomic mass is 10.1. The summed E-state index contributed by atoms with van der Waals surface area (Å²) in [6.45, 7) is 3.78. The molecular formula is C14H13F3N2OS. The second-order valence-corrected chi connectivity index (χ2v) is 5.09. The highest BCUT2D eigenvalue weighted by molar-refractivity contribution is 7.71. The first-order valence-corrected chi connectivity index (χ1v) is 6.62. The third-order valence-corrected chi connectivity index (χ3v) is 2.76. The summed E-state index contributed by atoms with van der Waals surface area (Å²) in [4.78, 5) is 5.56. The van der Waals surface area contributed by atoms with Crippen molar-refractivity contribution in [3.63, 3.8) is 0 Å². The van der Waals surface area contributed by atoms with Crippen molar-refractivity contribution in [3.05, 3.63) is 40.8 Å². The lowest BCUT2D eigenvalue weighted by Gasteiger charge is -2.11. The average Bonchev–Trinajstić information content (AvgIpc) is 2.37. The van der Waals surface area contributed by atoms with Gasteiger partial charge in [0.1, 0.15) is 10.4 Å². The summed E-state index contributed by atoms with van der Waals surface area (Å²) in [5, 5.41) is 0. The van der Waals surface area contributed by atoms with E-state index >= 15 is 0 Å². The fourth-order valence-electron chi connectivity index (χ4n) is 1.73. The Labute approximate surface area is 124 Å². The van der Waals surface area contributed by atoms with Gasteiger partial charge in [0.25, 0.3) is 0 Å². The molecule has 2 aromatic rings. The van der Waals surface area contributed by atoms with Gasteiger partial charge in [-0.3, -0.25) is 0 Å². The van der Waals surface area contributed by atoms with E-state index in [0.717, 1.165) is 0 Å². The van der Waals surface area contributed by atoms with Crippen LogP contribution in [-0.2, 0) is 6.18 Å². The fourth-order valence-corrected chi connectivity index (χ4v) is 1.94. The maximum absolute atomic E-state index is 12.7. The Balaban J connectivity index is 2.38. The highest BCUT2D eigenvalue weighted by atomic mass is 32.1. The predicted octanol–water partition coefficient (Wildman–Crippen LogP) is 4.61. The van der Waals surface area contributed by atoms with Crippen molar-refractivity contribution in [2.24, 2.45) is 0 Å². The van der Waals surface area contributed by atoms with Crippen LogP contribution >= 0.6 is 12.2 Å². The first kappa shape index (κ1) is 15.5. The summed E-state index contributed by atoms with van der Waals surface area (Å²) in [6.07, 6.45) is -4.54. The molecule has 1 aromatic heterocycles. The monoisotopic (exact) mass is 314 g/mol. The third-order valence-electron chi connectivity index (χ3n) is 2.55. The van der Waals surface area contributed by atoms with Crippen LogP contribution < -0.4 is 4.74 Å². The summed E-state index contributed by atoms with van der Waals surface area (Å²) in [7, 11) is 0. The predicted molar refractivity (Wildman–Crippen MR) is 75.6 cm³/mol. The van der Waals surface area contributed by atoms with E-state index in [9.17, 15) is 13.2 Å². The Morgan fingerprint density at radius 1 is 1.19 bits per heavy atom. The van der Waals surface area contributed by atoms with E-state index < -0.39 is 12.0 Å². The van der Waals surface area contributed by atoms with Crippen LogP contribution in [0.15, 0.2) is 30.3 Å². The molecule has 0 saturated heterocycles. The number of aromatic amines is 1. The van der Waals surface area contributed by atoms with Crippen molar-refractivity contribution >= 4 is 12.2 Å². The van der Waals surface area contributed by atoms with Gasteiger partial charge < -0.3 is 9.72 Å². The Morgan fingerprint density at radius 2 is 1.81 bits per heavy atom. The molecule has 0 unspecified atom stereocenters. The van der Waals surface area contributed by atoms with E-state index in [4.69, 9.17) is 17.0 Å². The smallest absolute Gasteiger partial charge is 0.449 e. The number of nitrogens with one attached hydrogen (secondary N) is 1. The molecule has 1 aromatic carbocycles. The van der Waals surface area contributed by atoms with E-state index in [2.05, 4.69) is 9.97 Å². The van der Waals surface area contributed by atoms with E-state index in [-0.39, 0.29) is 16.4 Å². The molecule has 0 aliphatic heterocycles. The lowest BCUT2D eigenvalue weighted by molar-refractivity contribution is -0.144. The van der Waals surface area contributed by atoms with Crippen molar-refractivity contribution in [2.75, 3.05) is 0 Å². The largest absolute Gasteiger partial charge is 0.491 e. The number of benzene rings is 1. The van der Waals surface area contributed by atoms with Crippen LogP contribution in [0.25, 0.3) is 11.3 Å². The summed E-state index contributed by atoms with van der Waals surface area (Å²) < 4.78 is 43.5. The van der Waals surface area contributed by atoms with E-state index in [1.807, 2.05) is 13.8 Å². The molecule has 7 heteroatoms. The Bertz CT molecular complexity index is 678. The zero-order valence-corrected chi connectivity index (χ0v) is 12.2. The summed E-state index contributed by atoms with van der Waals surface area (Å²) in [6, 6.07) is 8.11. The molecule has 0 bridgehead atoms. The molecule has 0 fully saturated rings. The van der Waals surface area contributed by atoms with Gasteiger partial charge in [-0.05, 0) is 49.7 Å². The minimum Gasteiger partial charge on any atom is -0.491 e. The SMILES string of the molecule is CC(C)Oc1ccc(-c2cc(=S)nc(C(F)(F)F)[nH]2)cc1. The molecule has 0 aliphatic rings. The normalized spacial score (nSPS) is 11.7. The first-order valence-electron chi connectivity index (χ1n) is 6.21. The van der Waals surface area contributed by atoms with Gasteiger partial charge in [-0.2, -0.15) is 13.2 Å². The molecule has 2 rings (SSSR count). The number of H-pyrrole nitrogens is 1. The second kappa shape index (κ2) is 5.85. The van der Waals surface area contributed by atoms with Gasteiger partial charge in [0.05, 0.1) is 6.10 Å². The van der Waals surface area contributed by atoms with Crippen LogP contribution in [0, 0.1) is 4.64 Å². The number of ether oxygens (including phenoxy) is 1. The Kier molecular flexibility index (Phi) is 4.32. The number of hydrogen-bond donors (Lipinski definition) is 1. The van der Waals surface area contributed by atoms with Crippen LogP contribution in [0.1, 0.15) is 19.7 Å². The van der Waals surface area contributed by atoms with Crippen molar-refractivity contribution < 1.29 is 17.9 Å². The Morgan fingerprint density at radius 3 is 2.33 bits per heavy atom. The topological polar surface area (TPSA) is 37.9 Å². The maximum Gasteiger partial charge on any atom is 0.449 e. The summed E-state index contributed by atoms with van der Waals surface area (Å²) in [5.41, 5.74) is 0.837. The van der Waals surface area contributed by atoms with Crippen molar-refractivity contribution in [3.8, 4) is 17.0 Å². The molecule has 112 valence electrons. The van der Waals surface area contributed by atoms with Gasteiger partial charge in [-0.15, -0.1) is 0 Å². The molecule has 0 saturated carbocycles. The number of alkyl halides is 3. The Hall–Kier alpha value is -1.89. The maximum atomic E-state index is 12.7. The van der Waals surface area contributed by atoms with Crippen molar-refractivity contribution in [2.45, 2.75) is 26.1 Å². The van der Waals surface area contributed by atoms with Crippen LogP contribution in [-0.4, -0.2) is 16.1 Å². The van der Waals surface area contributed by atoms with E-state index in [1.54, 1.807) is 24.3 Å². The van der Waals surface area contributed by atoms with Crippen LogP contribution in [0.4, 0.5) is 13.2 Å². The molecule has 1 N–H and O–H groups in total. The highest BCUT2D eigenvalue weighted by Gasteiger charge is 2.34. The summed E-state index contributed by atoms with van der Waals surface area (Å²) in [5.74, 6) is -0.454. The van der Waals surface area contributed by atoms with Gasteiger partial charge in [-0.25, -0.2) is 4.98 Å². The van der Waals surface area contributed by atoms with Gasteiger partial charge in [-0.1, -0.05) is 12.2 Å². The van der Waals surface area contributed by atoms with Crippen molar-refractivity contribution in [1.82, 2.24) is 9.97 Å². The molecule has 3 nitrogen and oxygen atoms in total. The van der Waals surface area contributed by atoms with Gasteiger partial charge in [0, 0.05) is 5.69 Å². The standard InChI is InChI=1S/C14H13F3N2OS/c1-8(2)20-10-5-3-9(4-6-10)11-7-12(21)19-13(18-11)14(15,16)17/h3-8H,1-2H3,(H,18,19,21). The zero-order chi connectivity index (χ0) is 15.6. The quantitative estimate of drug-likeness (QED) is 0.841. The minimum atomic E-state index is -4.57. The molecule has 0 spiro atoms. The molecule has 21 heavy (non-hydrogen) atoms. The number of halogens is 3. The molecule has 0 amide bonds. The minimum absolute atomic E-state index is 0.0272. The zero-order valence-electron chi connectivity index (χ0n) is 11.4. The summed E-state index contributed by atoms with van der Waals surface area (Å²) >= 11 is 4.78. The molecule has 1 heterocycles. The number of aromatic nitrogens is 2. The average molecular weight is 314 g/mol. The molecular weight excluding hydrogens is 301 g/mol. The van der Waals surface area contributed by atoms with Gasteiger partial charge in [0.15, 0.2) is 0 Å². The third kappa shape index (κ3) is 4.04. The van der Waals surface area contributed by atoms with Crippen molar-refractivity contribution in [1.29, 1.82) is 0 Å². The van der Waals surface area contributed by atoms with Crippen LogP contribution in [0.2, 0.25) is 0 Å². The number of hydrogen-bond acceptors (Lipinski definition) is 3. The van der Waals surface area contributed by atoms with E-state index in [1.165, 1.54) is 6.07 Å². The fraction of sp³-hybridized carbons (Fsp3) is 0.286. The second-order valence-electron chi connectivity index (χ2n) is 4.67. The van der Waals surface area contributed by atoms with Gasteiger partial charge in [0.2, 0.25) is 5.82 Å². The lowest BCUT2D eigenvalue weighted by Crippen LogP contribution is -2.11. The van der Waals surface area contributed by atoms with E-state index in [0.29, 0.717) is 11.3 Å². The number of rotatable bonds is 3. The highest BCUT2D eigenvalue weighted by Crippen LogP contribution is 2.28. The molecule has 0 aliphatic carbocycles. The van der Waals surface area contributed by atoms with Gasteiger partial charge >= 0.3 is 6.18 Å². The number of nitrogens with zero attached hydrogens (tertiary/aromatic N) is 1. The van der Waals surface area contributed by atoms with Crippen LogP contribution in [0.5, 0.6) is 5.75 Å². The molecule has 0 radical (unpaired) electrons. The first-order chi connectivity index (χ1) is 9.75. The molecule has 0 atom stereocenters.